The topological polar surface area (TPSA) is 110 Å². The fourth-order valence-corrected chi connectivity index (χ4v) is 5.93. The van der Waals surface area contributed by atoms with Gasteiger partial charge in [0.1, 0.15) is 18.3 Å². The molecular formula is C24H25NO7S2. The van der Waals surface area contributed by atoms with Gasteiger partial charge in [0.15, 0.2) is 0 Å². The van der Waals surface area contributed by atoms with Gasteiger partial charge in [-0.25, -0.2) is 8.42 Å². The lowest BCUT2D eigenvalue weighted by Gasteiger charge is -2.28. The zero-order valence-corrected chi connectivity index (χ0v) is 20.3. The Morgan fingerprint density at radius 3 is 2.24 bits per heavy atom. The maximum atomic E-state index is 13.5. The first-order valence-corrected chi connectivity index (χ1v) is 12.7. The van der Waals surface area contributed by atoms with Crippen molar-refractivity contribution in [2.75, 3.05) is 20.8 Å². The van der Waals surface area contributed by atoms with E-state index in [-0.39, 0.29) is 11.3 Å². The zero-order chi connectivity index (χ0) is 24.7. The third-order valence-electron chi connectivity index (χ3n) is 5.26. The number of nitrogens with zero attached hydrogens (tertiary/aromatic N) is 1. The summed E-state index contributed by atoms with van der Waals surface area (Å²) in [5, 5.41) is 13.3. The summed E-state index contributed by atoms with van der Waals surface area (Å²) in [6, 6.07) is 13.9. The number of benzene rings is 2. The van der Waals surface area contributed by atoms with Gasteiger partial charge in [0.2, 0.25) is 10.0 Å². The number of hydrogen-bond acceptors (Lipinski definition) is 7. The molecule has 0 radical (unpaired) electrons. The quantitative estimate of drug-likeness (QED) is 0.400. The highest BCUT2D eigenvalue weighted by Gasteiger charge is 2.38. The van der Waals surface area contributed by atoms with Crippen molar-refractivity contribution in [3.05, 3.63) is 82.0 Å². The molecule has 34 heavy (non-hydrogen) atoms. The lowest BCUT2D eigenvalue weighted by atomic mass is 9.99. The molecule has 180 valence electrons. The first kappa shape index (κ1) is 25.4. The predicted molar refractivity (Wildman–Crippen MR) is 128 cm³/mol. The van der Waals surface area contributed by atoms with Crippen LogP contribution >= 0.6 is 11.3 Å². The summed E-state index contributed by atoms with van der Waals surface area (Å²) >= 11 is 1.43. The van der Waals surface area contributed by atoms with E-state index in [1.807, 2.05) is 41.1 Å². The Kier molecular flexibility index (Phi) is 8.43. The standard InChI is InChI=1S/C24H25NO7S2/c1-31-20-8-10-21(11-9-20)34(29,30)25(14-23(26)27)22(24(28)32-2)13-19-16-33-15-18(19)12-17-6-4-3-5-7-17/h3-11,15-16,22H,12-14H2,1-2H3,(H,26,27). The van der Waals surface area contributed by atoms with E-state index in [0.717, 1.165) is 23.8 Å². The number of hydrogen-bond donors (Lipinski definition) is 1. The van der Waals surface area contributed by atoms with Crippen molar-refractivity contribution in [1.29, 1.82) is 0 Å². The van der Waals surface area contributed by atoms with Gasteiger partial charge >= 0.3 is 11.9 Å². The molecule has 0 bridgehead atoms. The highest BCUT2D eigenvalue weighted by Crippen LogP contribution is 2.26. The normalized spacial score (nSPS) is 12.3. The number of aliphatic carboxylic acids is 1. The van der Waals surface area contributed by atoms with Crippen molar-refractivity contribution in [2.45, 2.75) is 23.8 Å². The molecule has 0 aliphatic rings. The summed E-state index contributed by atoms with van der Waals surface area (Å²) in [5.74, 6) is -1.78. The molecule has 0 saturated heterocycles. The number of thiophene rings is 1. The number of carboxylic acids is 1. The van der Waals surface area contributed by atoms with Gasteiger partial charge in [0.05, 0.1) is 19.1 Å². The van der Waals surface area contributed by atoms with Gasteiger partial charge in [0.25, 0.3) is 0 Å². The number of sulfonamides is 1. The van der Waals surface area contributed by atoms with E-state index in [4.69, 9.17) is 9.47 Å². The fourth-order valence-electron chi connectivity index (χ4n) is 3.53. The SMILES string of the molecule is COC(=O)C(Cc1cscc1Cc1ccccc1)N(CC(=O)O)S(=O)(=O)c1ccc(OC)cc1. The molecule has 1 aromatic heterocycles. The Balaban J connectivity index is 1.99. The van der Waals surface area contributed by atoms with Crippen molar-refractivity contribution in [3.63, 3.8) is 0 Å². The lowest BCUT2D eigenvalue weighted by molar-refractivity contribution is -0.146. The molecule has 1 N–H and O–H groups in total. The molecule has 3 aromatic rings. The molecule has 0 aliphatic heterocycles. The third-order valence-corrected chi connectivity index (χ3v) is 7.97. The lowest BCUT2D eigenvalue weighted by Crippen LogP contribution is -2.49. The maximum absolute atomic E-state index is 13.5. The Morgan fingerprint density at radius 2 is 1.65 bits per heavy atom. The summed E-state index contributed by atoms with van der Waals surface area (Å²) in [7, 11) is -1.76. The number of carbonyl (C=O) groups excluding carboxylic acids is 1. The van der Waals surface area contributed by atoms with Crippen LogP contribution in [0.25, 0.3) is 0 Å². The highest BCUT2D eigenvalue weighted by atomic mass is 32.2. The smallest absolute Gasteiger partial charge is 0.324 e. The number of carboxylic acid groups (broad SMARTS) is 1. The second-order valence-corrected chi connectivity index (χ2v) is 10.1. The van der Waals surface area contributed by atoms with Crippen LogP contribution in [-0.4, -0.2) is 56.6 Å². The van der Waals surface area contributed by atoms with E-state index >= 15 is 0 Å². The van der Waals surface area contributed by atoms with Crippen LogP contribution in [0, 0.1) is 0 Å². The van der Waals surface area contributed by atoms with Crippen LogP contribution in [0.5, 0.6) is 5.75 Å². The summed E-state index contributed by atoms with van der Waals surface area (Å²) < 4.78 is 37.5. The average Bonchev–Trinajstić information content (AvgIpc) is 3.27. The summed E-state index contributed by atoms with van der Waals surface area (Å²) in [5.41, 5.74) is 2.75. The van der Waals surface area contributed by atoms with E-state index in [2.05, 4.69) is 0 Å². The number of esters is 1. The Labute approximate surface area is 202 Å². The minimum Gasteiger partial charge on any atom is -0.497 e. The van der Waals surface area contributed by atoms with Crippen LogP contribution in [-0.2, 0) is 37.2 Å². The van der Waals surface area contributed by atoms with Crippen molar-refractivity contribution in [1.82, 2.24) is 4.31 Å². The van der Waals surface area contributed by atoms with E-state index < -0.39 is 34.5 Å². The summed E-state index contributed by atoms with van der Waals surface area (Å²) in [6.07, 6.45) is 0.568. The fraction of sp³-hybridized carbons (Fsp3) is 0.250. The second kappa shape index (κ2) is 11.3. The molecule has 0 saturated carbocycles. The van der Waals surface area contributed by atoms with Crippen molar-refractivity contribution in [3.8, 4) is 5.75 Å². The van der Waals surface area contributed by atoms with E-state index in [1.54, 1.807) is 0 Å². The van der Waals surface area contributed by atoms with Gasteiger partial charge in [-0.3, -0.25) is 9.59 Å². The van der Waals surface area contributed by atoms with Gasteiger partial charge < -0.3 is 14.6 Å². The Bertz CT molecular complexity index is 1220. The predicted octanol–water partition coefficient (Wildman–Crippen LogP) is 3.21. The first-order valence-electron chi connectivity index (χ1n) is 10.3. The zero-order valence-electron chi connectivity index (χ0n) is 18.7. The molecule has 0 fully saturated rings. The number of rotatable bonds is 11. The van der Waals surface area contributed by atoms with Crippen LogP contribution in [0.1, 0.15) is 16.7 Å². The molecule has 3 rings (SSSR count). The average molecular weight is 504 g/mol. The third kappa shape index (κ3) is 6.02. The van der Waals surface area contributed by atoms with E-state index in [0.29, 0.717) is 16.5 Å². The minimum absolute atomic E-state index is 0.0268. The Hall–Kier alpha value is -3.21. The second-order valence-electron chi connectivity index (χ2n) is 7.45. The maximum Gasteiger partial charge on any atom is 0.324 e. The molecule has 1 unspecified atom stereocenters. The summed E-state index contributed by atoms with van der Waals surface area (Å²) in [4.78, 5) is 24.3. The minimum atomic E-state index is -4.35. The van der Waals surface area contributed by atoms with Crippen LogP contribution in [0.3, 0.4) is 0 Å². The molecule has 10 heteroatoms. The van der Waals surface area contributed by atoms with Crippen molar-refractivity contribution in [2.24, 2.45) is 0 Å². The van der Waals surface area contributed by atoms with Gasteiger partial charge in [-0.1, -0.05) is 30.3 Å². The van der Waals surface area contributed by atoms with Gasteiger partial charge in [-0.05, 0) is 58.1 Å². The highest BCUT2D eigenvalue weighted by molar-refractivity contribution is 7.89. The van der Waals surface area contributed by atoms with Gasteiger partial charge in [-0.15, -0.1) is 0 Å². The van der Waals surface area contributed by atoms with Crippen LogP contribution < -0.4 is 4.74 Å². The number of ether oxygens (including phenoxy) is 2. The Morgan fingerprint density at radius 1 is 1.00 bits per heavy atom. The largest absolute Gasteiger partial charge is 0.497 e. The first-order chi connectivity index (χ1) is 16.3. The molecule has 2 aromatic carbocycles. The molecular weight excluding hydrogens is 478 g/mol. The molecule has 1 atom stereocenters. The molecule has 0 amide bonds. The molecule has 1 heterocycles. The number of methoxy groups -OCH3 is 2. The molecule has 0 spiro atoms. The molecule has 0 aliphatic carbocycles. The van der Waals surface area contributed by atoms with E-state index in [9.17, 15) is 23.1 Å². The van der Waals surface area contributed by atoms with E-state index in [1.165, 1.54) is 42.7 Å². The van der Waals surface area contributed by atoms with Gasteiger partial charge in [-0.2, -0.15) is 15.6 Å². The van der Waals surface area contributed by atoms with Gasteiger partial charge in [0, 0.05) is 6.42 Å². The van der Waals surface area contributed by atoms with Crippen LogP contribution in [0.4, 0.5) is 0 Å². The monoisotopic (exact) mass is 503 g/mol. The van der Waals surface area contributed by atoms with Crippen LogP contribution in [0.2, 0.25) is 0 Å². The molecule has 8 nitrogen and oxygen atoms in total. The summed E-state index contributed by atoms with van der Waals surface area (Å²) in [6.45, 7) is -0.897. The van der Waals surface area contributed by atoms with Crippen molar-refractivity contribution >= 4 is 33.3 Å². The van der Waals surface area contributed by atoms with Crippen LogP contribution in [0.15, 0.2) is 70.3 Å². The number of carbonyl (C=O) groups is 2. The van der Waals surface area contributed by atoms with Crippen molar-refractivity contribution < 1.29 is 32.6 Å².